The van der Waals surface area contributed by atoms with Crippen LogP contribution in [0.2, 0.25) is 5.15 Å². The van der Waals surface area contributed by atoms with Gasteiger partial charge in [0.05, 0.1) is 17.1 Å². The number of aromatic nitrogens is 2. The number of para-hydroxylation sites is 2. The molecule has 7 heteroatoms. The third kappa shape index (κ3) is 2.75. The Bertz CT molecular complexity index is 858. The fraction of sp³-hybridized carbons (Fsp3) is 0. The van der Waals surface area contributed by atoms with E-state index >= 15 is 0 Å². The summed E-state index contributed by atoms with van der Waals surface area (Å²) in [5, 5.41) is 10.8. The van der Waals surface area contributed by atoms with E-state index in [0.717, 1.165) is 0 Å². The van der Waals surface area contributed by atoms with Gasteiger partial charge in [-0.2, -0.15) is 0 Å². The first-order valence-corrected chi connectivity index (χ1v) is 6.36. The maximum absolute atomic E-state index is 10.5. The summed E-state index contributed by atoms with van der Waals surface area (Å²) in [6.07, 6.45) is 3.15. The zero-order chi connectivity index (χ0) is 14.8. The van der Waals surface area contributed by atoms with Gasteiger partial charge in [-0.05, 0) is 30.4 Å². The minimum atomic E-state index is -0.597. The SMILES string of the molecule is O=[N+]([O-])c1ccc(C=Cc2nc3ccccc3nc2Cl)o1. The highest BCUT2D eigenvalue weighted by Crippen LogP contribution is 2.21. The Hall–Kier alpha value is -2.73. The van der Waals surface area contributed by atoms with Gasteiger partial charge in [-0.25, -0.2) is 9.97 Å². The molecule has 0 N–H and O–H groups in total. The quantitative estimate of drug-likeness (QED) is 0.540. The van der Waals surface area contributed by atoms with Crippen molar-refractivity contribution in [2.75, 3.05) is 0 Å². The molecule has 0 amide bonds. The third-order valence-electron chi connectivity index (χ3n) is 2.75. The van der Waals surface area contributed by atoms with Crippen LogP contribution in [0.25, 0.3) is 23.2 Å². The van der Waals surface area contributed by atoms with Gasteiger partial charge in [0.2, 0.25) is 0 Å². The molecule has 2 heterocycles. The van der Waals surface area contributed by atoms with E-state index in [4.69, 9.17) is 16.0 Å². The molecule has 3 rings (SSSR count). The lowest BCUT2D eigenvalue weighted by Crippen LogP contribution is -1.89. The van der Waals surface area contributed by atoms with Crippen LogP contribution in [-0.4, -0.2) is 14.9 Å². The number of hydrogen-bond donors (Lipinski definition) is 0. The Morgan fingerprint density at radius 3 is 2.48 bits per heavy atom. The van der Waals surface area contributed by atoms with E-state index in [2.05, 4.69) is 9.97 Å². The fourth-order valence-electron chi connectivity index (χ4n) is 1.79. The van der Waals surface area contributed by atoms with Crippen LogP contribution in [0.15, 0.2) is 40.8 Å². The van der Waals surface area contributed by atoms with E-state index in [0.29, 0.717) is 22.5 Å². The predicted octanol–water partition coefficient (Wildman–Crippen LogP) is 3.95. The molecule has 1 aromatic carbocycles. The molecule has 0 aliphatic carbocycles. The van der Waals surface area contributed by atoms with Gasteiger partial charge in [-0.3, -0.25) is 10.1 Å². The minimum Gasteiger partial charge on any atom is -0.401 e. The Morgan fingerprint density at radius 1 is 1.10 bits per heavy atom. The summed E-state index contributed by atoms with van der Waals surface area (Å²) in [6, 6.07) is 10.1. The van der Waals surface area contributed by atoms with E-state index in [1.165, 1.54) is 12.1 Å². The Balaban J connectivity index is 1.94. The molecule has 21 heavy (non-hydrogen) atoms. The molecule has 104 valence electrons. The summed E-state index contributed by atoms with van der Waals surface area (Å²) in [6.45, 7) is 0. The van der Waals surface area contributed by atoms with Crippen LogP contribution < -0.4 is 0 Å². The van der Waals surface area contributed by atoms with Gasteiger partial charge < -0.3 is 4.42 Å². The lowest BCUT2D eigenvalue weighted by molar-refractivity contribution is -0.402. The molecule has 3 aromatic rings. The molecular weight excluding hydrogens is 294 g/mol. The predicted molar refractivity (Wildman–Crippen MR) is 78.8 cm³/mol. The van der Waals surface area contributed by atoms with Gasteiger partial charge in [0.15, 0.2) is 5.15 Å². The van der Waals surface area contributed by atoms with Gasteiger partial charge in [-0.15, -0.1) is 0 Å². The zero-order valence-corrected chi connectivity index (χ0v) is 11.3. The van der Waals surface area contributed by atoms with Crippen LogP contribution in [-0.2, 0) is 0 Å². The van der Waals surface area contributed by atoms with E-state index < -0.39 is 4.92 Å². The summed E-state index contributed by atoms with van der Waals surface area (Å²) in [4.78, 5) is 18.5. The molecule has 0 aliphatic heterocycles. The van der Waals surface area contributed by atoms with Crippen molar-refractivity contribution >= 4 is 40.7 Å². The first-order valence-electron chi connectivity index (χ1n) is 5.98. The Labute approximate surface area is 123 Å². The second-order valence-corrected chi connectivity index (χ2v) is 4.51. The van der Waals surface area contributed by atoms with E-state index in [9.17, 15) is 10.1 Å². The van der Waals surface area contributed by atoms with Crippen molar-refractivity contribution in [1.82, 2.24) is 9.97 Å². The van der Waals surface area contributed by atoms with Crippen molar-refractivity contribution < 1.29 is 9.34 Å². The Morgan fingerprint density at radius 2 is 1.81 bits per heavy atom. The number of furan rings is 1. The molecule has 0 spiro atoms. The number of fused-ring (bicyclic) bond motifs is 1. The monoisotopic (exact) mass is 301 g/mol. The van der Waals surface area contributed by atoms with Crippen LogP contribution in [0.1, 0.15) is 11.5 Å². The van der Waals surface area contributed by atoms with Gasteiger partial charge in [-0.1, -0.05) is 23.7 Å². The van der Waals surface area contributed by atoms with Crippen molar-refractivity contribution in [3.8, 4) is 0 Å². The summed E-state index contributed by atoms with van der Waals surface area (Å²) in [7, 11) is 0. The number of hydrogen-bond acceptors (Lipinski definition) is 5. The molecule has 0 fully saturated rings. The van der Waals surface area contributed by atoms with Crippen LogP contribution in [0.4, 0.5) is 5.88 Å². The molecule has 6 nitrogen and oxygen atoms in total. The molecule has 0 saturated heterocycles. The lowest BCUT2D eigenvalue weighted by atomic mass is 10.3. The van der Waals surface area contributed by atoms with E-state index in [-0.39, 0.29) is 11.0 Å². The minimum absolute atomic E-state index is 0.256. The highest BCUT2D eigenvalue weighted by atomic mass is 35.5. The van der Waals surface area contributed by atoms with Crippen LogP contribution in [0.5, 0.6) is 0 Å². The number of rotatable bonds is 3. The van der Waals surface area contributed by atoms with Crippen molar-refractivity contribution in [3.63, 3.8) is 0 Å². The second kappa shape index (κ2) is 5.34. The van der Waals surface area contributed by atoms with Crippen molar-refractivity contribution in [2.24, 2.45) is 0 Å². The smallest absolute Gasteiger partial charge is 0.401 e. The normalized spacial score (nSPS) is 11.3. The Kier molecular flexibility index (Phi) is 3.37. The molecule has 0 atom stereocenters. The second-order valence-electron chi connectivity index (χ2n) is 4.15. The molecule has 0 saturated carbocycles. The standard InChI is InChI=1S/C14H8ClN3O3/c15-14-12(16-10-3-1-2-4-11(10)17-14)7-5-9-6-8-13(21-9)18(19)20/h1-8H. The number of nitro groups is 1. The zero-order valence-electron chi connectivity index (χ0n) is 10.6. The summed E-state index contributed by atoms with van der Waals surface area (Å²) in [5.41, 5.74) is 1.88. The molecule has 2 aromatic heterocycles. The first-order chi connectivity index (χ1) is 10.1. The summed E-state index contributed by atoms with van der Waals surface area (Å²) < 4.78 is 5.02. The summed E-state index contributed by atoms with van der Waals surface area (Å²) >= 11 is 6.06. The third-order valence-corrected chi connectivity index (χ3v) is 3.03. The highest BCUT2D eigenvalue weighted by Gasteiger charge is 2.10. The van der Waals surface area contributed by atoms with Gasteiger partial charge in [0, 0.05) is 0 Å². The maximum Gasteiger partial charge on any atom is 0.433 e. The summed E-state index contributed by atoms with van der Waals surface area (Å²) in [5.74, 6) is 0.0260. The largest absolute Gasteiger partial charge is 0.433 e. The molecule has 0 unspecified atom stereocenters. The topological polar surface area (TPSA) is 82.1 Å². The maximum atomic E-state index is 10.5. The average molecular weight is 302 g/mol. The van der Waals surface area contributed by atoms with Crippen molar-refractivity contribution in [1.29, 1.82) is 0 Å². The first kappa shape index (κ1) is 13.3. The van der Waals surface area contributed by atoms with Crippen molar-refractivity contribution in [2.45, 2.75) is 0 Å². The molecule has 0 radical (unpaired) electrons. The van der Waals surface area contributed by atoms with Gasteiger partial charge in [0.25, 0.3) is 0 Å². The molecule has 0 bridgehead atoms. The van der Waals surface area contributed by atoms with E-state index in [1.54, 1.807) is 12.2 Å². The average Bonchev–Trinajstić information content (AvgIpc) is 2.94. The van der Waals surface area contributed by atoms with Crippen LogP contribution >= 0.6 is 11.6 Å². The highest BCUT2D eigenvalue weighted by molar-refractivity contribution is 6.31. The van der Waals surface area contributed by atoms with Crippen molar-refractivity contribution in [3.05, 3.63) is 63.1 Å². The van der Waals surface area contributed by atoms with Gasteiger partial charge in [0.1, 0.15) is 16.4 Å². The fourth-order valence-corrected chi connectivity index (χ4v) is 1.99. The lowest BCUT2D eigenvalue weighted by Gasteiger charge is -2.00. The van der Waals surface area contributed by atoms with Gasteiger partial charge >= 0.3 is 5.88 Å². The van der Waals surface area contributed by atoms with E-state index in [1.807, 2.05) is 24.3 Å². The molecular formula is C14H8ClN3O3. The number of nitrogens with zero attached hydrogens (tertiary/aromatic N) is 3. The number of benzene rings is 1. The molecule has 0 aliphatic rings. The van der Waals surface area contributed by atoms with Crippen LogP contribution in [0.3, 0.4) is 0 Å². The number of halogens is 1. The van der Waals surface area contributed by atoms with Crippen LogP contribution in [0, 0.1) is 10.1 Å².